The van der Waals surface area contributed by atoms with Crippen molar-refractivity contribution in [2.45, 2.75) is 37.1 Å². The molecular weight excluding hydrogens is 700 g/mol. The minimum atomic E-state index is -1.83. The minimum absolute atomic E-state index is 0.0629. The Morgan fingerprint density at radius 2 is 1.25 bits per heavy atom. The Balaban J connectivity index is 1.48. The van der Waals surface area contributed by atoms with E-state index >= 15 is 0 Å². The Kier molecular flexibility index (Phi) is 10.8. The smallest absolute Gasteiger partial charge is 0.347 e. The Bertz CT molecular complexity index is 2100. The first-order chi connectivity index (χ1) is 25.2. The number of aromatic hydroxyl groups is 7. The SMILES string of the molecule is COC(=O)[C@H](Cc1ccc(O)c(O)c1)OC(=O)/C=C/c1ccc(O)c2c1[C@H](C(=O)O[C@@H](Cc1ccc(O)c(O)c1)C(=O)O)[C@@H](c1ccc(O)c(O)c1)O2. The van der Waals surface area contributed by atoms with Crippen molar-refractivity contribution in [3.63, 3.8) is 0 Å². The number of phenols is 7. The van der Waals surface area contributed by atoms with Gasteiger partial charge in [-0.2, -0.15) is 0 Å². The molecule has 1 heterocycles. The quantitative estimate of drug-likeness (QED) is 0.0449. The van der Waals surface area contributed by atoms with Crippen molar-refractivity contribution in [3.8, 4) is 46.0 Å². The average Bonchev–Trinajstić information content (AvgIpc) is 3.53. The fourth-order valence-corrected chi connectivity index (χ4v) is 5.61. The van der Waals surface area contributed by atoms with Crippen LogP contribution in [0.4, 0.5) is 0 Å². The van der Waals surface area contributed by atoms with Gasteiger partial charge in [-0.05, 0) is 70.8 Å². The van der Waals surface area contributed by atoms with Gasteiger partial charge in [0.2, 0.25) is 12.2 Å². The van der Waals surface area contributed by atoms with E-state index in [1.165, 1.54) is 48.5 Å². The number of esters is 3. The summed E-state index contributed by atoms with van der Waals surface area (Å²) in [6, 6.07) is 13.3. The second-order valence-corrected chi connectivity index (χ2v) is 11.8. The van der Waals surface area contributed by atoms with Crippen LogP contribution in [0, 0.1) is 0 Å². The van der Waals surface area contributed by atoms with Crippen LogP contribution in [-0.4, -0.2) is 84.0 Å². The molecule has 0 fully saturated rings. The molecule has 53 heavy (non-hydrogen) atoms. The van der Waals surface area contributed by atoms with Gasteiger partial charge in [-0.1, -0.05) is 24.3 Å². The summed E-state index contributed by atoms with van der Waals surface area (Å²) in [5.74, 6) is -9.96. The first-order valence-electron chi connectivity index (χ1n) is 15.6. The number of carbonyl (C=O) groups excluding carboxylic acids is 3. The van der Waals surface area contributed by atoms with Crippen molar-refractivity contribution in [1.29, 1.82) is 0 Å². The van der Waals surface area contributed by atoms with Crippen molar-refractivity contribution in [2.24, 2.45) is 0 Å². The molecule has 4 aromatic rings. The number of phenolic OH excluding ortho intramolecular Hbond substituents is 7. The predicted molar refractivity (Wildman–Crippen MR) is 179 cm³/mol. The molecule has 0 aromatic heterocycles. The van der Waals surface area contributed by atoms with E-state index < -0.39 is 94.8 Å². The number of hydrogen-bond acceptors (Lipinski definition) is 15. The highest BCUT2D eigenvalue weighted by Gasteiger charge is 2.46. The topological polar surface area (TPSA) is 267 Å². The number of fused-ring (bicyclic) bond motifs is 1. The van der Waals surface area contributed by atoms with Crippen LogP contribution in [0.5, 0.6) is 46.0 Å². The fraction of sp³-hybridized carbons (Fsp3) is 0.189. The Labute approximate surface area is 299 Å². The molecule has 0 radical (unpaired) electrons. The second-order valence-electron chi connectivity index (χ2n) is 11.8. The standard InChI is InChI=1S/C37H32O16/c1-50-36(48)29(15-18-3-8-22(39)26(43)13-18)51-30(45)11-6-19-4-10-24(41)34-31(19)32(33(53-34)20-5-9-23(40)27(44)16-20)37(49)52-28(35(46)47)14-17-2-7-21(38)25(42)12-17/h2-13,16,28-29,32-33,38-44H,14-15H2,1H3,(H,46,47)/b11-6+/t28-,29-,32-,33+/m0/s1. The molecule has 0 unspecified atom stereocenters. The minimum Gasteiger partial charge on any atom is -0.504 e. The summed E-state index contributed by atoms with van der Waals surface area (Å²) in [6.07, 6.45) is -3.31. The third-order valence-electron chi connectivity index (χ3n) is 8.23. The highest BCUT2D eigenvalue weighted by atomic mass is 16.6. The molecule has 276 valence electrons. The second kappa shape index (κ2) is 15.4. The van der Waals surface area contributed by atoms with Crippen LogP contribution in [0.1, 0.15) is 39.8 Å². The third-order valence-corrected chi connectivity index (χ3v) is 8.23. The molecule has 1 aliphatic rings. The summed E-state index contributed by atoms with van der Waals surface area (Å²) in [4.78, 5) is 51.7. The number of carboxylic acids is 1. The zero-order valence-electron chi connectivity index (χ0n) is 27.6. The highest BCUT2D eigenvalue weighted by Crippen LogP contribution is 2.53. The van der Waals surface area contributed by atoms with Gasteiger partial charge in [0, 0.05) is 24.5 Å². The number of hydrogen-bond donors (Lipinski definition) is 8. The van der Waals surface area contributed by atoms with Gasteiger partial charge in [0.25, 0.3) is 0 Å². The lowest BCUT2D eigenvalue weighted by molar-refractivity contribution is -0.166. The van der Waals surface area contributed by atoms with Gasteiger partial charge >= 0.3 is 23.9 Å². The molecule has 0 spiro atoms. The van der Waals surface area contributed by atoms with Gasteiger partial charge < -0.3 is 59.8 Å². The van der Waals surface area contributed by atoms with E-state index in [1.807, 2.05) is 0 Å². The van der Waals surface area contributed by atoms with Gasteiger partial charge in [-0.25, -0.2) is 14.4 Å². The number of ether oxygens (including phenoxy) is 4. The lowest BCUT2D eigenvalue weighted by atomic mass is 9.87. The lowest BCUT2D eigenvalue weighted by Gasteiger charge is -2.22. The Hall–Kier alpha value is -7.10. The van der Waals surface area contributed by atoms with Crippen LogP contribution in [0.3, 0.4) is 0 Å². The van der Waals surface area contributed by atoms with E-state index in [1.54, 1.807) is 0 Å². The molecule has 16 nitrogen and oxygen atoms in total. The Morgan fingerprint density at radius 3 is 1.79 bits per heavy atom. The highest BCUT2D eigenvalue weighted by molar-refractivity contribution is 5.92. The van der Waals surface area contributed by atoms with E-state index in [0.29, 0.717) is 5.56 Å². The van der Waals surface area contributed by atoms with E-state index in [4.69, 9.17) is 18.9 Å². The molecular formula is C37H32O16. The lowest BCUT2D eigenvalue weighted by Crippen LogP contribution is -2.33. The molecule has 1 aliphatic heterocycles. The molecule has 0 saturated carbocycles. The zero-order valence-corrected chi connectivity index (χ0v) is 27.6. The molecule has 16 heteroatoms. The zero-order chi connectivity index (χ0) is 38.6. The van der Waals surface area contributed by atoms with Crippen LogP contribution in [-0.2, 0) is 46.2 Å². The van der Waals surface area contributed by atoms with Gasteiger partial charge in [-0.3, -0.25) is 4.79 Å². The summed E-state index contributed by atoms with van der Waals surface area (Å²) in [5, 5.41) is 79.8. The van der Waals surface area contributed by atoms with E-state index in [2.05, 4.69) is 0 Å². The van der Waals surface area contributed by atoms with Crippen molar-refractivity contribution in [2.75, 3.05) is 7.11 Å². The first kappa shape index (κ1) is 37.2. The monoisotopic (exact) mass is 732 g/mol. The van der Waals surface area contributed by atoms with Crippen LogP contribution in [0.25, 0.3) is 6.08 Å². The molecule has 4 aromatic carbocycles. The van der Waals surface area contributed by atoms with E-state index in [9.17, 15) is 60.0 Å². The maximum Gasteiger partial charge on any atom is 0.347 e. The van der Waals surface area contributed by atoms with Gasteiger partial charge in [0.15, 0.2) is 46.0 Å². The van der Waals surface area contributed by atoms with Crippen LogP contribution < -0.4 is 4.74 Å². The Morgan fingerprint density at radius 1 is 0.698 bits per heavy atom. The molecule has 0 amide bonds. The van der Waals surface area contributed by atoms with E-state index in [-0.39, 0.29) is 34.4 Å². The summed E-state index contributed by atoms with van der Waals surface area (Å²) < 4.78 is 21.5. The maximum atomic E-state index is 14.0. The molecule has 0 saturated heterocycles. The number of benzene rings is 4. The normalized spacial score (nSPS) is 15.9. The first-order valence-corrected chi connectivity index (χ1v) is 15.6. The van der Waals surface area contributed by atoms with Crippen LogP contribution in [0.2, 0.25) is 0 Å². The van der Waals surface area contributed by atoms with Gasteiger partial charge in [0.05, 0.1) is 7.11 Å². The largest absolute Gasteiger partial charge is 0.504 e. The number of carboxylic acid groups (broad SMARTS) is 1. The van der Waals surface area contributed by atoms with Crippen molar-refractivity contribution >= 4 is 30.0 Å². The predicted octanol–water partition coefficient (Wildman–Crippen LogP) is 3.42. The molecule has 0 bridgehead atoms. The summed E-state index contributed by atoms with van der Waals surface area (Å²) in [7, 11) is 1.07. The fourth-order valence-electron chi connectivity index (χ4n) is 5.61. The van der Waals surface area contributed by atoms with Crippen LogP contribution in [0.15, 0.2) is 72.8 Å². The van der Waals surface area contributed by atoms with Crippen molar-refractivity contribution in [3.05, 3.63) is 101 Å². The molecule has 5 rings (SSSR count). The average molecular weight is 733 g/mol. The number of carbonyl (C=O) groups is 4. The maximum absolute atomic E-state index is 14.0. The number of rotatable bonds is 12. The molecule has 4 atom stereocenters. The summed E-state index contributed by atoms with van der Waals surface area (Å²) in [5.41, 5.74) is 0.623. The van der Waals surface area contributed by atoms with Gasteiger partial charge in [-0.15, -0.1) is 0 Å². The molecule has 0 aliphatic carbocycles. The van der Waals surface area contributed by atoms with Crippen LogP contribution >= 0.6 is 0 Å². The number of methoxy groups -OCH3 is 1. The van der Waals surface area contributed by atoms with Gasteiger partial charge in [0.1, 0.15) is 12.0 Å². The van der Waals surface area contributed by atoms with E-state index in [0.717, 1.165) is 37.5 Å². The number of aliphatic carboxylic acids is 1. The van der Waals surface area contributed by atoms with Crippen molar-refractivity contribution < 1.29 is 79.0 Å². The third kappa shape index (κ3) is 8.28. The molecule has 8 N–H and O–H groups in total. The van der Waals surface area contributed by atoms with Crippen molar-refractivity contribution in [1.82, 2.24) is 0 Å². The summed E-state index contributed by atoms with van der Waals surface area (Å²) in [6.45, 7) is 0. The summed E-state index contributed by atoms with van der Waals surface area (Å²) >= 11 is 0.